The molecular weight excluding hydrogens is 160 g/mol. The van der Waals surface area contributed by atoms with Crippen molar-refractivity contribution >= 4 is 18.4 Å². The molecule has 0 fully saturated rings. The lowest BCUT2D eigenvalue weighted by Gasteiger charge is -2.18. The van der Waals surface area contributed by atoms with Gasteiger partial charge in [0.1, 0.15) is 17.7 Å². The van der Waals surface area contributed by atoms with Crippen molar-refractivity contribution in [2.24, 2.45) is 0 Å². The van der Waals surface area contributed by atoms with E-state index < -0.39 is 5.60 Å². The van der Waals surface area contributed by atoms with Crippen LogP contribution >= 0.6 is 0 Å². The van der Waals surface area contributed by atoms with Gasteiger partial charge in [-0.15, -0.1) is 0 Å². The summed E-state index contributed by atoms with van der Waals surface area (Å²) in [5.41, 5.74) is -1.65. The van der Waals surface area contributed by atoms with Crippen molar-refractivity contribution in [1.29, 1.82) is 0 Å². The highest BCUT2D eigenvalue weighted by molar-refractivity contribution is 5.81. The molecule has 4 heteroatoms. The third-order valence-corrected chi connectivity index (χ3v) is 1.47. The molecule has 0 radical (unpaired) electrons. The number of aldehydes is 2. The molecule has 0 bridgehead atoms. The Labute approximate surface area is 70.6 Å². The fourth-order valence-corrected chi connectivity index (χ4v) is 0.929. The standard InChI is InChI=1S/C8H12O4/c1-7(11)5-8(12,6-10)3-2-4-9/h4,6,12H,2-3,5H2,1H3/t8-/m1/s1. The molecule has 0 aromatic rings. The molecule has 1 N–H and O–H groups in total. The fourth-order valence-electron chi connectivity index (χ4n) is 0.929. The molecule has 0 rings (SSSR count). The minimum Gasteiger partial charge on any atom is -0.382 e. The third kappa shape index (κ3) is 3.98. The van der Waals surface area contributed by atoms with Crippen molar-refractivity contribution in [3.8, 4) is 0 Å². The number of carbonyl (C=O) groups is 3. The van der Waals surface area contributed by atoms with E-state index in [2.05, 4.69) is 0 Å². The van der Waals surface area contributed by atoms with Crippen molar-refractivity contribution in [3.05, 3.63) is 0 Å². The number of hydrogen-bond donors (Lipinski definition) is 1. The zero-order chi connectivity index (χ0) is 9.61. The summed E-state index contributed by atoms with van der Waals surface area (Å²) in [6.45, 7) is 1.29. The molecule has 0 unspecified atom stereocenters. The van der Waals surface area contributed by atoms with Crippen molar-refractivity contribution in [3.63, 3.8) is 0 Å². The second-order valence-electron chi connectivity index (χ2n) is 2.81. The van der Waals surface area contributed by atoms with E-state index in [1.54, 1.807) is 0 Å². The second kappa shape index (κ2) is 4.77. The lowest BCUT2D eigenvalue weighted by atomic mass is 9.94. The Hall–Kier alpha value is -1.03. The van der Waals surface area contributed by atoms with Crippen LogP contribution in [-0.2, 0) is 14.4 Å². The molecule has 0 aromatic carbocycles. The fraction of sp³-hybridized carbons (Fsp3) is 0.625. The number of aliphatic hydroxyl groups is 1. The minimum absolute atomic E-state index is 0.0135. The van der Waals surface area contributed by atoms with Crippen LogP contribution in [0.1, 0.15) is 26.2 Å². The Balaban J connectivity index is 4.12. The molecule has 0 aliphatic heterocycles. The monoisotopic (exact) mass is 172 g/mol. The van der Waals surface area contributed by atoms with Gasteiger partial charge in [-0.25, -0.2) is 0 Å². The van der Waals surface area contributed by atoms with Crippen LogP contribution in [0.2, 0.25) is 0 Å². The van der Waals surface area contributed by atoms with E-state index in [0.29, 0.717) is 12.6 Å². The number of Topliss-reactive ketones (excluding diaryl/α,β-unsaturated/α-hetero) is 1. The van der Waals surface area contributed by atoms with Gasteiger partial charge in [0.25, 0.3) is 0 Å². The Kier molecular flexibility index (Phi) is 4.36. The predicted octanol–water partition coefficient (Wildman–Crippen LogP) is -0.125. The average molecular weight is 172 g/mol. The van der Waals surface area contributed by atoms with E-state index in [0.717, 1.165) is 0 Å². The molecule has 0 amide bonds. The van der Waals surface area contributed by atoms with Gasteiger partial charge in [0.05, 0.1) is 0 Å². The first kappa shape index (κ1) is 11.0. The van der Waals surface area contributed by atoms with Gasteiger partial charge >= 0.3 is 0 Å². The van der Waals surface area contributed by atoms with Crippen molar-refractivity contribution in [2.45, 2.75) is 31.8 Å². The van der Waals surface area contributed by atoms with Gasteiger partial charge in [-0.05, 0) is 13.3 Å². The van der Waals surface area contributed by atoms with Gasteiger partial charge in [0, 0.05) is 12.8 Å². The molecule has 0 saturated heterocycles. The molecule has 1 atom stereocenters. The molecule has 12 heavy (non-hydrogen) atoms. The van der Waals surface area contributed by atoms with E-state index in [1.165, 1.54) is 6.92 Å². The lowest BCUT2D eigenvalue weighted by Crippen LogP contribution is -2.32. The van der Waals surface area contributed by atoms with Crippen LogP contribution < -0.4 is 0 Å². The van der Waals surface area contributed by atoms with E-state index in [-0.39, 0.29) is 25.0 Å². The van der Waals surface area contributed by atoms with Gasteiger partial charge in [-0.2, -0.15) is 0 Å². The summed E-state index contributed by atoms with van der Waals surface area (Å²) in [5.74, 6) is -0.268. The first-order chi connectivity index (χ1) is 5.54. The Bertz CT molecular complexity index is 187. The van der Waals surface area contributed by atoms with E-state index in [9.17, 15) is 19.5 Å². The van der Waals surface area contributed by atoms with Crippen LogP contribution in [0.5, 0.6) is 0 Å². The Morgan fingerprint density at radius 3 is 2.42 bits per heavy atom. The third-order valence-electron chi connectivity index (χ3n) is 1.47. The minimum atomic E-state index is -1.65. The summed E-state index contributed by atoms with van der Waals surface area (Å²) < 4.78 is 0. The van der Waals surface area contributed by atoms with Crippen LogP contribution in [0.4, 0.5) is 0 Å². The van der Waals surface area contributed by atoms with Crippen LogP contribution in [0.3, 0.4) is 0 Å². The first-order valence-electron chi connectivity index (χ1n) is 3.66. The van der Waals surface area contributed by atoms with Gasteiger partial charge in [0.2, 0.25) is 0 Å². The summed E-state index contributed by atoms with van der Waals surface area (Å²) >= 11 is 0. The van der Waals surface area contributed by atoms with Gasteiger partial charge in [-0.1, -0.05) is 0 Å². The van der Waals surface area contributed by atoms with Crippen LogP contribution in [0.15, 0.2) is 0 Å². The topological polar surface area (TPSA) is 71.4 Å². The van der Waals surface area contributed by atoms with E-state index in [4.69, 9.17) is 0 Å². The summed E-state index contributed by atoms with van der Waals surface area (Å²) in [7, 11) is 0. The van der Waals surface area contributed by atoms with Crippen molar-refractivity contribution in [2.75, 3.05) is 0 Å². The van der Waals surface area contributed by atoms with Gasteiger partial charge in [-0.3, -0.25) is 4.79 Å². The molecule has 0 saturated carbocycles. The molecule has 0 aliphatic rings. The summed E-state index contributed by atoms with van der Waals surface area (Å²) in [6, 6.07) is 0. The zero-order valence-corrected chi connectivity index (χ0v) is 6.95. The van der Waals surface area contributed by atoms with Crippen LogP contribution in [0.25, 0.3) is 0 Å². The van der Waals surface area contributed by atoms with Crippen molar-refractivity contribution in [1.82, 2.24) is 0 Å². The summed E-state index contributed by atoms with van der Waals surface area (Å²) in [4.78, 5) is 30.9. The molecule has 0 aromatic heterocycles. The number of hydrogen-bond acceptors (Lipinski definition) is 4. The number of ketones is 1. The van der Waals surface area contributed by atoms with E-state index >= 15 is 0 Å². The number of rotatable bonds is 6. The smallest absolute Gasteiger partial charge is 0.152 e. The Morgan fingerprint density at radius 2 is 2.08 bits per heavy atom. The molecule has 4 nitrogen and oxygen atoms in total. The maximum atomic E-state index is 10.6. The first-order valence-corrected chi connectivity index (χ1v) is 3.66. The average Bonchev–Trinajstić information content (AvgIpc) is 2.00. The highest BCUT2D eigenvalue weighted by Gasteiger charge is 2.27. The SMILES string of the molecule is CC(=O)C[C@@](O)(C=O)CCC=O. The summed E-state index contributed by atoms with van der Waals surface area (Å²) in [6.07, 6.45) is 0.805. The maximum absolute atomic E-state index is 10.6. The highest BCUT2D eigenvalue weighted by atomic mass is 16.3. The van der Waals surface area contributed by atoms with Gasteiger partial charge < -0.3 is 14.7 Å². The lowest BCUT2D eigenvalue weighted by molar-refractivity contribution is -0.133. The largest absolute Gasteiger partial charge is 0.382 e. The number of carbonyl (C=O) groups excluding carboxylic acids is 3. The quantitative estimate of drug-likeness (QED) is 0.567. The second-order valence-corrected chi connectivity index (χ2v) is 2.81. The Morgan fingerprint density at radius 1 is 1.50 bits per heavy atom. The van der Waals surface area contributed by atoms with E-state index in [1.807, 2.05) is 0 Å². The molecule has 0 aliphatic carbocycles. The van der Waals surface area contributed by atoms with Crippen LogP contribution in [0, 0.1) is 0 Å². The normalized spacial score (nSPS) is 14.8. The summed E-state index contributed by atoms with van der Waals surface area (Å²) in [5, 5.41) is 9.37. The molecule has 0 heterocycles. The predicted molar refractivity (Wildman–Crippen MR) is 41.6 cm³/mol. The highest BCUT2D eigenvalue weighted by Crippen LogP contribution is 2.14. The molecular formula is C8H12O4. The zero-order valence-electron chi connectivity index (χ0n) is 6.95. The maximum Gasteiger partial charge on any atom is 0.152 e. The van der Waals surface area contributed by atoms with Crippen molar-refractivity contribution < 1.29 is 19.5 Å². The van der Waals surface area contributed by atoms with Gasteiger partial charge in [0.15, 0.2) is 6.29 Å². The molecule has 0 spiro atoms. The molecule has 68 valence electrons. The van der Waals surface area contributed by atoms with Crippen LogP contribution in [-0.4, -0.2) is 29.1 Å².